The van der Waals surface area contributed by atoms with Gasteiger partial charge >= 0.3 is 58.2 Å². The third kappa shape index (κ3) is 3.53. The average Bonchev–Trinajstić information content (AvgIpc) is 3.37. The summed E-state index contributed by atoms with van der Waals surface area (Å²) in [6, 6.07) is 6.14. The zero-order chi connectivity index (χ0) is 20.1. The van der Waals surface area contributed by atoms with Crippen LogP contribution >= 0.6 is 0 Å². The van der Waals surface area contributed by atoms with Crippen LogP contribution < -0.4 is 73.3 Å². The van der Waals surface area contributed by atoms with Gasteiger partial charge in [0.15, 0.2) is 11.6 Å². The number of hydrogen-bond donors (Lipinski definition) is 1. The normalized spacial score (nSPS) is 19.9. The van der Waals surface area contributed by atoms with Crippen LogP contribution in [0.3, 0.4) is 0 Å². The molecule has 3 aromatic rings. The van der Waals surface area contributed by atoms with Gasteiger partial charge < -0.3 is 25.2 Å². The van der Waals surface area contributed by atoms with E-state index in [1.54, 1.807) is 31.6 Å². The van der Waals surface area contributed by atoms with Gasteiger partial charge in [0.25, 0.3) is 0 Å². The molecule has 5 rings (SSSR count). The van der Waals surface area contributed by atoms with E-state index in [1.165, 1.54) is 11.0 Å². The van der Waals surface area contributed by atoms with Crippen molar-refractivity contribution < 1.29 is 76.5 Å². The third-order valence-corrected chi connectivity index (χ3v) is 5.07. The van der Waals surface area contributed by atoms with Gasteiger partial charge in [-0.25, -0.2) is 8.78 Å². The van der Waals surface area contributed by atoms with Crippen molar-refractivity contribution in [1.82, 2.24) is 25.6 Å². The smallest absolute Gasteiger partial charge is 0.453 e. The van der Waals surface area contributed by atoms with E-state index in [0.717, 1.165) is 17.7 Å². The number of aromatic nitrogens is 3. The maximum absolute atomic E-state index is 14.3. The molecule has 30 heavy (non-hydrogen) atoms. The average molecular weight is 480 g/mol. The van der Waals surface area contributed by atoms with Crippen LogP contribution in [0, 0.1) is 17.6 Å². The summed E-state index contributed by atoms with van der Waals surface area (Å²) >= 11 is 0. The topological polar surface area (TPSA) is 81.5 Å². The van der Waals surface area contributed by atoms with Gasteiger partial charge in [0.1, 0.15) is 17.6 Å². The number of carbonyl (C=O) groups excluding carboxylic acids is 1. The molecule has 10 heteroatoms. The predicted molar refractivity (Wildman–Crippen MR) is 99.6 cm³/mol. The molecule has 1 amide bonds. The number of fused-ring (bicyclic) bond motifs is 2. The van der Waals surface area contributed by atoms with Crippen LogP contribution in [0.2, 0.25) is 0 Å². The molecular weight excluding hydrogens is 466 g/mol. The van der Waals surface area contributed by atoms with E-state index < -0.39 is 17.7 Å². The Morgan fingerprint density at radius 1 is 1.23 bits per heavy atom. The minimum atomic E-state index is -0.842. The van der Waals surface area contributed by atoms with Gasteiger partial charge in [-0.1, -0.05) is 18.2 Å². The molecule has 3 heterocycles. The summed E-state index contributed by atoms with van der Waals surface area (Å²) in [5, 5.41) is 14.7. The van der Waals surface area contributed by atoms with Crippen molar-refractivity contribution in [2.75, 3.05) is 7.05 Å². The molecule has 0 spiro atoms. The molecule has 146 valence electrons. The Hall–Kier alpha value is -1.94. The SMILES string of the molecule is CN1C=C(c2ccc3[n-]nnc3c2Oc2ccc(F)cc2F)C2C=CNC2C1=O.[Rb+]. The summed E-state index contributed by atoms with van der Waals surface area (Å²) in [7, 11) is 1.67. The number of rotatable bonds is 3. The quantitative estimate of drug-likeness (QED) is 0.549. The first-order valence-corrected chi connectivity index (χ1v) is 8.86. The largest absolute Gasteiger partial charge is 1.00 e. The minimum Gasteiger partial charge on any atom is -0.453 e. The summed E-state index contributed by atoms with van der Waals surface area (Å²) in [5.74, 6) is -1.75. The first kappa shape index (κ1) is 21.3. The van der Waals surface area contributed by atoms with Crippen molar-refractivity contribution in [3.8, 4) is 11.5 Å². The van der Waals surface area contributed by atoms with Crippen LogP contribution in [0.15, 0.2) is 48.8 Å². The zero-order valence-electron chi connectivity index (χ0n) is 16.1. The van der Waals surface area contributed by atoms with Crippen LogP contribution in [0.5, 0.6) is 11.5 Å². The molecule has 2 aliphatic rings. The number of halogens is 2. The van der Waals surface area contributed by atoms with Gasteiger partial charge in [-0.2, -0.15) is 0 Å². The third-order valence-electron chi connectivity index (χ3n) is 5.07. The first-order valence-electron chi connectivity index (χ1n) is 8.86. The number of hydrogen-bond acceptors (Lipinski definition) is 5. The van der Waals surface area contributed by atoms with E-state index in [1.807, 2.05) is 6.08 Å². The van der Waals surface area contributed by atoms with E-state index in [2.05, 4.69) is 20.7 Å². The number of nitrogens with one attached hydrogen (secondary N) is 1. The second-order valence-corrected chi connectivity index (χ2v) is 6.84. The molecule has 0 fully saturated rings. The van der Waals surface area contributed by atoms with Crippen molar-refractivity contribution in [2.45, 2.75) is 6.04 Å². The predicted octanol–water partition coefficient (Wildman–Crippen LogP) is -0.424. The number of carbonyl (C=O) groups is 1. The van der Waals surface area contributed by atoms with Crippen molar-refractivity contribution in [3.63, 3.8) is 0 Å². The summed E-state index contributed by atoms with van der Waals surface area (Å²) < 4.78 is 33.4. The molecule has 2 atom stereocenters. The molecule has 0 radical (unpaired) electrons. The van der Waals surface area contributed by atoms with Crippen LogP contribution in [0.4, 0.5) is 8.78 Å². The fraction of sp³-hybridized carbons (Fsp3) is 0.150. The summed E-state index contributed by atoms with van der Waals surface area (Å²) in [5.41, 5.74) is 2.23. The maximum atomic E-state index is 14.3. The van der Waals surface area contributed by atoms with E-state index in [4.69, 9.17) is 4.74 Å². The van der Waals surface area contributed by atoms with Crippen LogP contribution in [-0.4, -0.2) is 34.2 Å². The van der Waals surface area contributed by atoms with Gasteiger partial charge in [-0.15, -0.1) is 0 Å². The van der Waals surface area contributed by atoms with Gasteiger partial charge in [-0.05, 0) is 29.4 Å². The van der Waals surface area contributed by atoms with Crippen molar-refractivity contribution >= 4 is 22.5 Å². The van der Waals surface area contributed by atoms with Crippen molar-refractivity contribution in [1.29, 1.82) is 0 Å². The molecule has 2 aliphatic heterocycles. The molecule has 0 aliphatic carbocycles. The summed E-state index contributed by atoms with van der Waals surface area (Å²) in [6.07, 6.45) is 5.35. The summed E-state index contributed by atoms with van der Waals surface area (Å²) in [6.45, 7) is 0. The standard InChI is InChI=1S/C20H14F2N5O2.Rb/c1-27-9-13(11-6-7-23-17(11)20(27)28)12-3-4-15-18(25-26-24-15)19(12)29-16-5-2-10(21)8-14(16)22;/h2-9,11,17,23H,1H3;/q-1;+1. The first-order chi connectivity index (χ1) is 14.0. The van der Waals surface area contributed by atoms with Gasteiger partial charge in [0.2, 0.25) is 5.91 Å². The fourth-order valence-electron chi connectivity index (χ4n) is 3.66. The van der Waals surface area contributed by atoms with Crippen LogP contribution in [0.25, 0.3) is 16.6 Å². The van der Waals surface area contributed by atoms with E-state index in [-0.39, 0.29) is 81.5 Å². The number of ether oxygens (including phenoxy) is 1. The Balaban J connectivity index is 0.00000218. The second-order valence-electron chi connectivity index (χ2n) is 6.84. The minimum absolute atomic E-state index is 0. The Morgan fingerprint density at radius 2 is 2.07 bits per heavy atom. The zero-order valence-corrected chi connectivity index (χ0v) is 21.1. The molecule has 1 aromatic heterocycles. The van der Waals surface area contributed by atoms with Crippen molar-refractivity contribution in [3.05, 3.63) is 66.0 Å². The van der Waals surface area contributed by atoms with E-state index >= 15 is 0 Å². The molecule has 2 unspecified atom stereocenters. The number of benzene rings is 2. The molecule has 0 saturated carbocycles. The summed E-state index contributed by atoms with van der Waals surface area (Å²) in [4.78, 5) is 13.9. The monoisotopic (exact) mass is 479 g/mol. The Labute approximate surface area is 218 Å². The molecule has 0 bridgehead atoms. The Morgan fingerprint density at radius 3 is 2.87 bits per heavy atom. The van der Waals surface area contributed by atoms with E-state index in [9.17, 15) is 13.6 Å². The van der Waals surface area contributed by atoms with Crippen LogP contribution in [-0.2, 0) is 4.79 Å². The molecule has 1 N–H and O–H groups in total. The van der Waals surface area contributed by atoms with Gasteiger partial charge in [0, 0.05) is 36.3 Å². The molecule has 2 aromatic carbocycles. The van der Waals surface area contributed by atoms with Gasteiger partial charge in [0.05, 0.1) is 0 Å². The number of amides is 1. The Bertz CT molecular complexity index is 1210. The maximum Gasteiger partial charge on any atom is 1.00 e. The second kappa shape index (κ2) is 8.30. The van der Waals surface area contributed by atoms with Crippen molar-refractivity contribution in [2.24, 2.45) is 5.92 Å². The number of likely N-dealkylation sites (N-methyl/N-ethyl adjacent to an activating group) is 1. The van der Waals surface area contributed by atoms with Gasteiger partial charge in [-0.3, -0.25) is 10.0 Å². The van der Waals surface area contributed by atoms with E-state index in [0.29, 0.717) is 16.6 Å². The van der Waals surface area contributed by atoms with Crippen LogP contribution in [0.1, 0.15) is 5.56 Å². The molecular formula is C20H14F2N5O2Rb. The molecule has 7 nitrogen and oxygen atoms in total. The molecule has 0 saturated heterocycles. The fourth-order valence-corrected chi connectivity index (χ4v) is 3.66. The number of nitrogens with zero attached hydrogens (tertiary/aromatic N) is 4. The Kier molecular flexibility index (Phi) is 5.89.